The Kier molecular flexibility index (Phi) is 4.94. The molecular weight excluding hydrogens is 334 g/mol. The summed E-state index contributed by atoms with van der Waals surface area (Å²) < 4.78 is 10.5. The monoisotopic (exact) mass is 349 g/mol. The van der Waals surface area contributed by atoms with Gasteiger partial charge < -0.3 is 14.5 Å². The SMILES string of the molecule is C=CCNC(=O)c1cc2ccc(OC(=O)c3ccccc3)cc2oc1=O. The second-order valence-corrected chi connectivity index (χ2v) is 5.40. The maximum atomic E-state index is 12.1. The van der Waals surface area contributed by atoms with Crippen LogP contribution in [-0.4, -0.2) is 18.4 Å². The summed E-state index contributed by atoms with van der Waals surface area (Å²) in [6.07, 6.45) is 1.51. The second kappa shape index (κ2) is 7.48. The molecule has 1 amide bonds. The van der Waals surface area contributed by atoms with Crippen molar-refractivity contribution in [1.82, 2.24) is 5.32 Å². The van der Waals surface area contributed by atoms with Crippen LogP contribution < -0.4 is 15.7 Å². The van der Waals surface area contributed by atoms with Crippen LogP contribution in [0.25, 0.3) is 11.0 Å². The van der Waals surface area contributed by atoms with E-state index in [1.165, 1.54) is 18.2 Å². The molecule has 1 aromatic heterocycles. The molecule has 0 aliphatic heterocycles. The van der Waals surface area contributed by atoms with Crippen LogP contribution in [0.3, 0.4) is 0 Å². The van der Waals surface area contributed by atoms with Crippen molar-refractivity contribution in [3.63, 3.8) is 0 Å². The number of fused-ring (bicyclic) bond motifs is 1. The van der Waals surface area contributed by atoms with E-state index in [1.807, 2.05) is 0 Å². The number of amides is 1. The summed E-state index contributed by atoms with van der Waals surface area (Å²) in [5.41, 5.74) is -0.254. The van der Waals surface area contributed by atoms with Crippen molar-refractivity contribution in [2.24, 2.45) is 0 Å². The summed E-state index contributed by atoms with van der Waals surface area (Å²) in [4.78, 5) is 36.1. The van der Waals surface area contributed by atoms with Gasteiger partial charge in [0.05, 0.1) is 5.56 Å². The maximum Gasteiger partial charge on any atom is 0.349 e. The molecule has 6 heteroatoms. The van der Waals surface area contributed by atoms with Gasteiger partial charge in [-0.2, -0.15) is 0 Å². The van der Waals surface area contributed by atoms with Crippen LogP contribution in [0.4, 0.5) is 0 Å². The van der Waals surface area contributed by atoms with Gasteiger partial charge in [-0.1, -0.05) is 24.3 Å². The molecule has 0 aliphatic rings. The van der Waals surface area contributed by atoms with Crippen LogP contribution in [0, 0.1) is 0 Å². The van der Waals surface area contributed by atoms with Crippen molar-refractivity contribution in [2.75, 3.05) is 6.54 Å². The first kappa shape index (κ1) is 17.2. The molecule has 0 bridgehead atoms. The second-order valence-electron chi connectivity index (χ2n) is 5.40. The predicted octanol–water partition coefficient (Wildman–Crippen LogP) is 2.93. The molecule has 0 atom stereocenters. The first-order valence-corrected chi connectivity index (χ1v) is 7.82. The van der Waals surface area contributed by atoms with Crippen molar-refractivity contribution in [3.8, 4) is 5.75 Å². The molecule has 3 aromatic rings. The summed E-state index contributed by atoms with van der Waals surface area (Å²) in [5.74, 6) is -0.828. The van der Waals surface area contributed by atoms with Gasteiger partial charge in [0.25, 0.3) is 5.91 Å². The Morgan fingerprint density at radius 3 is 2.62 bits per heavy atom. The van der Waals surface area contributed by atoms with E-state index in [1.54, 1.807) is 42.5 Å². The van der Waals surface area contributed by atoms with Crippen LogP contribution in [0.2, 0.25) is 0 Å². The van der Waals surface area contributed by atoms with Gasteiger partial charge in [0.15, 0.2) is 0 Å². The molecule has 6 nitrogen and oxygen atoms in total. The van der Waals surface area contributed by atoms with Crippen molar-refractivity contribution in [3.05, 3.63) is 88.8 Å². The minimum Gasteiger partial charge on any atom is -0.423 e. The first-order valence-electron chi connectivity index (χ1n) is 7.82. The minimum atomic E-state index is -0.773. The number of ether oxygens (including phenoxy) is 1. The highest BCUT2D eigenvalue weighted by Gasteiger charge is 2.14. The highest BCUT2D eigenvalue weighted by molar-refractivity contribution is 5.97. The lowest BCUT2D eigenvalue weighted by atomic mass is 10.1. The average Bonchev–Trinajstić information content (AvgIpc) is 2.66. The van der Waals surface area contributed by atoms with Crippen molar-refractivity contribution >= 4 is 22.8 Å². The van der Waals surface area contributed by atoms with Gasteiger partial charge in [-0.05, 0) is 30.3 Å². The standard InChI is InChI=1S/C20H15NO5/c1-2-10-21-18(22)16-11-14-8-9-15(12-17(14)26-20(16)24)25-19(23)13-6-4-3-5-7-13/h2-9,11-12H,1,10H2,(H,21,22). The Morgan fingerprint density at radius 1 is 1.12 bits per heavy atom. The summed E-state index contributed by atoms with van der Waals surface area (Å²) in [6.45, 7) is 3.74. The highest BCUT2D eigenvalue weighted by atomic mass is 16.5. The highest BCUT2D eigenvalue weighted by Crippen LogP contribution is 2.21. The molecule has 1 heterocycles. The molecule has 26 heavy (non-hydrogen) atoms. The number of hydrogen-bond donors (Lipinski definition) is 1. The van der Waals surface area contributed by atoms with Gasteiger partial charge >= 0.3 is 11.6 Å². The Balaban J connectivity index is 1.87. The normalized spacial score (nSPS) is 10.3. The van der Waals surface area contributed by atoms with Gasteiger partial charge in [0, 0.05) is 18.0 Å². The summed E-state index contributed by atoms with van der Waals surface area (Å²) in [5, 5.41) is 3.06. The number of rotatable bonds is 5. The molecule has 3 rings (SSSR count). The number of carbonyl (C=O) groups is 2. The fourth-order valence-electron chi connectivity index (χ4n) is 2.31. The number of nitrogens with one attached hydrogen (secondary N) is 1. The van der Waals surface area contributed by atoms with Crippen molar-refractivity contribution in [1.29, 1.82) is 0 Å². The Labute approximate surface area is 148 Å². The fourth-order valence-corrected chi connectivity index (χ4v) is 2.31. The number of esters is 1. The van der Waals surface area contributed by atoms with Gasteiger partial charge in [0.2, 0.25) is 0 Å². The summed E-state index contributed by atoms with van der Waals surface area (Å²) in [7, 11) is 0. The Bertz CT molecular complexity index is 1040. The zero-order valence-electron chi connectivity index (χ0n) is 13.7. The number of benzene rings is 2. The van der Waals surface area contributed by atoms with Crippen molar-refractivity contribution in [2.45, 2.75) is 0 Å². The van der Waals surface area contributed by atoms with E-state index in [-0.39, 0.29) is 23.4 Å². The van der Waals surface area contributed by atoms with E-state index in [2.05, 4.69) is 11.9 Å². The summed E-state index contributed by atoms with van der Waals surface area (Å²) in [6, 6.07) is 14.6. The van der Waals surface area contributed by atoms with E-state index in [4.69, 9.17) is 9.15 Å². The molecule has 2 aromatic carbocycles. The fraction of sp³-hybridized carbons (Fsp3) is 0.0500. The molecule has 0 spiro atoms. The van der Waals surface area contributed by atoms with Gasteiger partial charge in [-0.15, -0.1) is 6.58 Å². The van der Waals surface area contributed by atoms with E-state index >= 15 is 0 Å². The number of carbonyl (C=O) groups excluding carboxylic acids is 2. The van der Waals surface area contributed by atoms with Crippen LogP contribution in [0.15, 0.2) is 76.5 Å². The zero-order valence-corrected chi connectivity index (χ0v) is 13.7. The predicted molar refractivity (Wildman–Crippen MR) is 96.4 cm³/mol. The largest absolute Gasteiger partial charge is 0.423 e. The van der Waals surface area contributed by atoms with E-state index < -0.39 is 17.5 Å². The van der Waals surface area contributed by atoms with Crippen LogP contribution in [0.1, 0.15) is 20.7 Å². The smallest absolute Gasteiger partial charge is 0.349 e. The molecule has 0 saturated heterocycles. The molecule has 0 unspecified atom stereocenters. The van der Waals surface area contributed by atoms with Gasteiger partial charge in [-0.3, -0.25) is 4.79 Å². The van der Waals surface area contributed by atoms with Crippen LogP contribution in [-0.2, 0) is 0 Å². The lowest BCUT2D eigenvalue weighted by Gasteiger charge is -2.06. The third-order valence-electron chi connectivity index (χ3n) is 3.58. The Hall–Kier alpha value is -3.67. The van der Waals surface area contributed by atoms with Crippen LogP contribution in [0.5, 0.6) is 5.75 Å². The lowest BCUT2D eigenvalue weighted by Crippen LogP contribution is -2.28. The molecule has 0 aliphatic carbocycles. The van der Waals surface area contributed by atoms with E-state index in [0.717, 1.165) is 0 Å². The van der Waals surface area contributed by atoms with Crippen molar-refractivity contribution < 1.29 is 18.7 Å². The van der Waals surface area contributed by atoms with Gasteiger partial charge in [0.1, 0.15) is 16.9 Å². The maximum absolute atomic E-state index is 12.1. The van der Waals surface area contributed by atoms with E-state index in [0.29, 0.717) is 10.9 Å². The lowest BCUT2D eigenvalue weighted by molar-refractivity contribution is 0.0734. The third-order valence-corrected chi connectivity index (χ3v) is 3.58. The molecule has 0 fully saturated rings. The quantitative estimate of drug-likeness (QED) is 0.331. The Morgan fingerprint density at radius 2 is 1.88 bits per heavy atom. The van der Waals surface area contributed by atoms with E-state index in [9.17, 15) is 14.4 Å². The first-order chi connectivity index (χ1) is 12.6. The summed E-state index contributed by atoms with van der Waals surface area (Å²) >= 11 is 0. The average molecular weight is 349 g/mol. The molecule has 0 saturated carbocycles. The minimum absolute atomic E-state index is 0.103. The number of hydrogen-bond acceptors (Lipinski definition) is 5. The zero-order chi connectivity index (χ0) is 18.5. The molecule has 1 N–H and O–H groups in total. The molecule has 130 valence electrons. The van der Waals surface area contributed by atoms with Crippen LogP contribution >= 0.6 is 0 Å². The topological polar surface area (TPSA) is 85.6 Å². The van der Waals surface area contributed by atoms with Gasteiger partial charge in [-0.25, -0.2) is 9.59 Å². The molecular formula is C20H15NO5. The third kappa shape index (κ3) is 3.70. The molecule has 0 radical (unpaired) electrons.